The van der Waals surface area contributed by atoms with Gasteiger partial charge in [-0.2, -0.15) is 0 Å². The van der Waals surface area contributed by atoms with Crippen molar-refractivity contribution in [2.24, 2.45) is 5.92 Å². The van der Waals surface area contributed by atoms with Crippen LogP contribution in [0.15, 0.2) is 91.0 Å². The van der Waals surface area contributed by atoms with Crippen LogP contribution < -0.4 is 0 Å². The standard InChI is InChI=1S/C29H33NO4S/c1-21(2)26-29(23-16-10-6-11-17-23,24-18-12-7-13-19-24)34-28(31)30(26)27(35-4)25(33-20-32-3)22-14-8-5-9-15-22/h5-19,21,25-27H,20H2,1-4H3/t25-,26+,27+/m1/s1. The summed E-state index contributed by atoms with van der Waals surface area (Å²) in [7, 11) is 1.60. The van der Waals surface area contributed by atoms with Gasteiger partial charge in [-0.05, 0) is 17.7 Å². The molecular formula is C29H33NO4S. The number of benzene rings is 3. The van der Waals surface area contributed by atoms with E-state index in [1.54, 1.807) is 18.9 Å². The molecule has 0 unspecified atom stereocenters. The molecule has 0 aliphatic carbocycles. The molecule has 0 bridgehead atoms. The number of cyclic esters (lactones) is 1. The molecule has 0 saturated carbocycles. The maximum absolute atomic E-state index is 13.9. The molecule has 1 aliphatic heterocycles. The lowest BCUT2D eigenvalue weighted by molar-refractivity contribution is -0.0874. The minimum atomic E-state index is -0.954. The number of carbonyl (C=O) groups is 1. The van der Waals surface area contributed by atoms with Gasteiger partial charge in [0.15, 0.2) is 5.60 Å². The zero-order chi connectivity index (χ0) is 24.8. The number of rotatable bonds is 10. The van der Waals surface area contributed by atoms with Crippen LogP contribution in [0.25, 0.3) is 0 Å². The highest BCUT2D eigenvalue weighted by Gasteiger charge is 2.59. The second-order valence-corrected chi connectivity index (χ2v) is 9.92. The predicted octanol–water partition coefficient (Wildman–Crippen LogP) is 6.46. The van der Waals surface area contributed by atoms with Crippen molar-refractivity contribution in [1.29, 1.82) is 0 Å². The fraction of sp³-hybridized carbons (Fsp3) is 0.345. The number of ether oxygens (including phenoxy) is 3. The van der Waals surface area contributed by atoms with Crippen LogP contribution in [0.2, 0.25) is 0 Å². The summed E-state index contributed by atoms with van der Waals surface area (Å²) in [4.78, 5) is 15.8. The van der Waals surface area contributed by atoms with Crippen LogP contribution in [0, 0.1) is 5.92 Å². The third-order valence-electron chi connectivity index (χ3n) is 6.48. The fourth-order valence-electron chi connectivity index (χ4n) is 5.12. The molecule has 1 aliphatic rings. The van der Waals surface area contributed by atoms with Gasteiger partial charge in [-0.1, -0.05) is 105 Å². The van der Waals surface area contributed by atoms with Crippen molar-refractivity contribution < 1.29 is 19.0 Å². The first-order valence-corrected chi connectivity index (χ1v) is 13.1. The van der Waals surface area contributed by atoms with E-state index in [1.807, 2.05) is 102 Å². The first-order valence-electron chi connectivity index (χ1n) is 11.8. The van der Waals surface area contributed by atoms with Crippen LogP contribution in [-0.2, 0) is 19.8 Å². The van der Waals surface area contributed by atoms with Gasteiger partial charge < -0.3 is 14.2 Å². The second-order valence-electron chi connectivity index (χ2n) is 8.96. The first-order chi connectivity index (χ1) is 17.0. The molecule has 0 aromatic heterocycles. The monoisotopic (exact) mass is 491 g/mol. The number of hydrogen-bond acceptors (Lipinski definition) is 5. The molecule has 3 aromatic carbocycles. The largest absolute Gasteiger partial charge is 0.431 e. The Morgan fingerprint density at radius 3 is 1.89 bits per heavy atom. The van der Waals surface area contributed by atoms with Crippen LogP contribution in [0.3, 0.4) is 0 Å². The van der Waals surface area contributed by atoms with E-state index in [9.17, 15) is 4.79 Å². The summed E-state index contributed by atoms with van der Waals surface area (Å²) in [5, 5.41) is -0.332. The van der Waals surface area contributed by atoms with Gasteiger partial charge in [0.05, 0.1) is 6.04 Å². The molecule has 0 N–H and O–H groups in total. The predicted molar refractivity (Wildman–Crippen MR) is 140 cm³/mol. The van der Waals surface area contributed by atoms with E-state index >= 15 is 0 Å². The Balaban J connectivity index is 1.87. The van der Waals surface area contributed by atoms with E-state index in [0.717, 1.165) is 16.7 Å². The number of hydrogen-bond donors (Lipinski definition) is 0. The minimum Gasteiger partial charge on any atom is -0.431 e. The quantitative estimate of drug-likeness (QED) is 0.305. The van der Waals surface area contributed by atoms with Crippen molar-refractivity contribution in [3.8, 4) is 0 Å². The van der Waals surface area contributed by atoms with Crippen molar-refractivity contribution in [1.82, 2.24) is 4.90 Å². The summed E-state index contributed by atoms with van der Waals surface area (Å²) >= 11 is 1.58. The Morgan fingerprint density at radius 1 is 0.914 bits per heavy atom. The number of carbonyl (C=O) groups excluding carboxylic acids is 1. The summed E-state index contributed by atoms with van der Waals surface area (Å²) in [6.45, 7) is 4.41. The second kappa shape index (κ2) is 11.3. The number of methoxy groups -OCH3 is 1. The highest BCUT2D eigenvalue weighted by atomic mass is 32.2. The van der Waals surface area contributed by atoms with Crippen LogP contribution in [-0.4, -0.2) is 42.6 Å². The molecule has 1 fully saturated rings. The smallest absolute Gasteiger partial charge is 0.412 e. The first kappa shape index (κ1) is 25.3. The van der Waals surface area contributed by atoms with Crippen LogP contribution in [0.1, 0.15) is 36.6 Å². The van der Waals surface area contributed by atoms with Crippen molar-refractivity contribution in [2.75, 3.05) is 20.2 Å². The number of thioether (sulfide) groups is 1. The van der Waals surface area contributed by atoms with Gasteiger partial charge in [0.2, 0.25) is 0 Å². The molecule has 0 radical (unpaired) electrons. The molecular weight excluding hydrogens is 458 g/mol. The lowest BCUT2D eigenvalue weighted by Crippen LogP contribution is -2.52. The van der Waals surface area contributed by atoms with E-state index in [4.69, 9.17) is 14.2 Å². The van der Waals surface area contributed by atoms with E-state index in [0.29, 0.717) is 0 Å². The SMILES string of the molecule is COCO[C@H](c1ccccc1)[C@H](SC)N1C(=O)OC(c2ccccc2)(c2ccccc2)[C@@H]1C(C)C. The molecule has 3 aromatic rings. The zero-order valence-corrected chi connectivity index (χ0v) is 21.5. The average molecular weight is 492 g/mol. The summed E-state index contributed by atoms with van der Waals surface area (Å²) in [5.74, 6) is 0.0929. The van der Waals surface area contributed by atoms with Gasteiger partial charge in [0.1, 0.15) is 18.3 Å². The summed E-state index contributed by atoms with van der Waals surface area (Å²) < 4.78 is 17.9. The van der Waals surface area contributed by atoms with Crippen molar-refractivity contribution in [3.05, 3.63) is 108 Å². The highest BCUT2D eigenvalue weighted by molar-refractivity contribution is 7.99. The van der Waals surface area contributed by atoms with Crippen molar-refractivity contribution in [2.45, 2.75) is 37.0 Å². The lowest BCUT2D eigenvalue weighted by Gasteiger charge is -2.42. The topological polar surface area (TPSA) is 48.0 Å². The average Bonchev–Trinajstić information content (AvgIpc) is 3.22. The fourth-order valence-corrected chi connectivity index (χ4v) is 6.05. The van der Waals surface area contributed by atoms with Crippen LogP contribution in [0.5, 0.6) is 0 Å². The maximum Gasteiger partial charge on any atom is 0.412 e. The van der Waals surface area contributed by atoms with E-state index in [1.165, 1.54) is 0 Å². The Hall–Kier alpha value is -2.80. The molecule has 1 heterocycles. The summed E-state index contributed by atoms with van der Waals surface area (Å²) in [6, 6.07) is 29.8. The maximum atomic E-state index is 13.9. The molecule has 1 amide bonds. The third kappa shape index (κ3) is 4.83. The number of nitrogens with zero attached hydrogens (tertiary/aromatic N) is 1. The molecule has 3 atom stereocenters. The van der Waals surface area contributed by atoms with Gasteiger partial charge in [-0.15, -0.1) is 11.8 Å². The Bertz CT molecular complexity index is 1040. The van der Waals surface area contributed by atoms with E-state index in [-0.39, 0.29) is 30.2 Å². The molecule has 184 valence electrons. The molecule has 5 nitrogen and oxygen atoms in total. The van der Waals surface area contributed by atoms with Crippen molar-refractivity contribution in [3.63, 3.8) is 0 Å². The van der Waals surface area contributed by atoms with Gasteiger partial charge in [0, 0.05) is 18.2 Å². The minimum absolute atomic E-state index is 0.0929. The van der Waals surface area contributed by atoms with E-state index < -0.39 is 11.7 Å². The zero-order valence-electron chi connectivity index (χ0n) is 20.7. The Kier molecular flexibility index (Phi) is 8.16. The molecule has 1 saturated heterocycles. The van der Waals surface area contributed by atoms with Crippen LogP contribution in [0.4, 0.5) is 4.79 Å². The molecule has 4 rings (SSSR count). The Morgan fingerprint density at radius 2 is 1.43 bits per heavy atom. The Labute approximate surface area is 212 Å². The van der Waals surface area contributed by atoms with E-state index in [2.05, 4.69) is 13.8 Å². The van der Waals surface area contributed by atoms with Crippen molar-refractivity contribution >= 4 is 17.9 Å². The van der Waals surface area contributed by atoms with Gasteiger partial charge >= 0.3 is 6.09 Å². The third-order valence-corrected chi connectivity index (χ3v) is 7.44. The highest BCUT2D eigenvalue weighted by Crippen LogP contribution is 2.50. The summed E-state index contributed by atoms with van der Waals surface area (Å²) in [5.41, 5.74) is 1.94. The van der Waals surface area contributed by atoms with Gasteiger partial charge in [0.25, 0.3) is 0 Å². The number of amides is 1. The van der Waals surface area contributed by atoms with Crippen LogP contribution >= 0.6 is 11.8 Å². The molecule has 0 spiro atoms. The lowest BCUT2D eigenvalue weighted by atomic mass is 9.75. The summed E-state index contributed by atoms with van der Waals surface area (Å²) in [6.07, 6.45) is 1.26. The normalized spacial score (nSPS) is 18.9. The molecule has 35 heavy (non-hydrogen) atoms. The van der Waals surface area contributed by atoms with Gasteiger partial charge in [-0.3, -0.25) is 4.90 Å². The molecule has 6 heteroatoms. The van der Waals surface area contributed by atoms with Gasteiger partial charge in [-0.25, -0.2) is 4.79 Å².